The number of nitrogens with two attached hydrogens (primary N) is 1. The molecule has 0 aromatic heterocycles. The van der Waals surface area contributed by atoms with E-state index in [2.05, 4.69) is 0 Å². The molecular weight excluding hydrogens is 231 g/mol. The van der Waals surface area contributed by atoms with Crippen LogP contribution in [-0.4, -0.2) is 11.7 Å². The first-order valence-electron chi connectivity index (χ1n) is 4.00. The van der Waals surface area contributed by atoms with Gasteiger partial charge in [-0.15, -0.1) is 12.4 Å². The largest absolute Gasteiger partial charge is 0.394 e. The third-order valence-corrected chi connectivity index (χ3v) is 1.88. The van der Waals surface area contributed by atoms with E-state index >= 15 is 0 Å². The zero-order valence-electron chi connectivity index (χ0n) is 7.66. The van der Waals surface area contributed by atoms with Gasteiger partial charge >= 0.3 is 0 Å². The van der Waals surface area contributed by atoms with Crippen LogP contribution in [0.15, 0.2) is 18.2 Å². The molecule has 1 aromatic rings. The van der Waals surface area contributed by atoms with Crippen LogP contribution in [0, 0.1) is 5.82 Å². The molecule has 0 unspecified atom stereocenters. The lowest BCUT2D eigenvalue weighted by atomic mass is 10.0. The highest BCUT2D eigenvalue weighted by Gasteiger charge is 2.15. The molecule has 0 aliphatic heterocycles. The number of aliphatic hydroxyl groups is 1. The lowest BCUT2D eigenvalue weighted by Crippen LogP contribution is -2.14. The van der Waals surface area contributed by atoms with Gasteiger partial charge in [0.1, 0.15) is 5.82 Å². The van der Waals surface area contributed by atoms with E-state index < -0.39 is 23.8 Å². The van der Waals surface area contributed by atoms with E-state index in [0.29, 0.717) is 5.56 Å². The topological polar surface area (TPSA) is 46.2 Å². The van der Waals surface area contributed by atoms with E-state index in [-0.39, 0.29) is 19.0 Å². The Morgan fingerprint density at radius 2 is 1.93 bits per heavy atom. The smallest absolute Gasteiger partial charge is 0.266 e. The number of benzene rings is 1. The van der Waals surface area contributed by atoms with E-state index in [4.69, 9.17) is 10.8 Å². The minimum atomic E-state index is -2.87. The molecule has 1 atom stereocenters. The van der Waals surface area contributed by atoms with Crippen molar-refractivity contribution < 1.29 is 18.3 Å². The fourth-order valence-corrected chi connectivity index (χ4v) is 1.07. The molecule has 0 amide bonds. The summed E-state index contributed by atoms with van der Waals surface area (Å²) in [6, 6.07) is 2.42. The molecule has 0 fully saturated rings. The number of hydrogen-bond donors (Lipinski definition) is 2. The van der Waals surface area contributed by atoms with Gasteiger partial charge in [0.25, 0.3) is 6.43 Å². The molecule has 1 rings (SSSR count). The standard InChI is InChI=1S/C9H10F3NO.ClH/c10-7-2-1-5(8(13)4-14)3-6(7)9(11)12;/h1-3,8-9,14H,4,13H2;1H/t8-;/m1./s1. The third kappa shape index (κ3) is 3.37. The second kappa shape index (κ2) is 5.95. The first-order valence-corrected chi connectivity index (χ1v) is 4.00. The second-order valence-corrected chi connectivity index (χ2v) is 2.87. The van der Waals surface area contributed by atoms with Crippen molar-refractivity contribution in [3.8, 4) is 0 Å². The Balaban J connectivity index is 0.00000196. The first-order chi connectivity index (χ1) is 6.56. The Labute approximate surface area is 91.3 Å². The summed E-state index contributed by atoms with van der Waals surface area (Å²) in [6.45, 7) is -0.367. The maximum Gasteiger partial charge on any atom is 0.266 e. The summed E-state index contributed by atoms with van der Waals surface area (Å²) >= 11 is 0. The average molecular weight is 242 g/mol. The van der Waals surface area contributed by atoms with Crippen LogP contribution in [0.25, 0.3) is 0 Å². The van der Waals surface area contributed by atoms with Gasteiger partial charge in [-0.25, -0.2) is 13.2 Å². The SMILES string of the molecule is Cl.N[C@H](CO)c1ccc(F)c(C(F)F)c1. The molecule has 0 radical (unpaired) electrons. The van der Waals surface area contributed by atoms with Crippen LogP contribution >= 0.6 is 12.4 Å². The molecule has 0 aliphatic rings. The Morgan fingerprint density at radius 1 is 1.33 bits per heavy atom. The number of aliphatic hydroxyl groups excluding tert-OH is 1. The summed E-state index contributed by atoms with van der Waals surface area (Å²) < 4.78 is 37.3. The van der Waals surface area contributed by atoms with Crippen LogP contribution in [0.5, 0.6) is 0 Å². The van der Waals surface area contributed by atoms with E-state index in [1.807, 2.05) is 0 Å². The van der Waals surface area contributed by atoms with Crippen molar-refractivity contribution in [3.05, 3.63) is 35.1 Å². The van der Waals surface area contributed by atoms with Gasteiger partial charge in [0.05, 0.1) is 18.2 Å². The molecule has 86 valence electrons. The van der Waals surface area contributed by atoms with E-state index in [1.165, 1.54) is 6.07 Å². The highest BCUT2D eigenvalue weighted by atomic mass is 35.5. The van der Waals surface area contributed by atoms with Gasteiger partial charge in [-0.2, -0.15) is 0 Å². The zero-order chi connectivity index (χ0) is 10.7. The summed E-state index contributed by atoms with van der Waals surface area (Å²) in [5, 5.41) is 8.68. The summed E-state index contributed by atoms with van der Waals surface area (Å²) in [7, 11) is 0. The van der Waals surface area contributed by atoms with Crippen molar-refractivity contribution in [3.63, 3.8) is 0 Å². The molecule has 1 aromatic carbocycles. The zero-order valence-corrected chi connectivity index (χ0v) is 8.48. The van der Waals surface area contributed by atoms with Crippen molar-refractivity contribution in [1.29, 1.82) is 0 Å². The van der Waals surface area contributed by atoms with Gasteiger partial charge in [-0.05, 0) is 17.7 Å². The summed E-state index contributed by atoms with van der Waals surface area (Å²) in [5.74, 6) is -0.964. The van der Waals surface area contributed by atoms with Gasteiger partial charge in [-0.1, -0.05) is 6.07 Å². The molecule has 0 bridgehead atoms. The van der Waals surface area contributed by atoms with Gasteiger partial charge in [0, 0.05) is 0 Å². The normalized spacial score (nSPS) is 12.4. The van der Waals surface area contributed by atoms with Gasteiger partial charge in [0.2, 0.25) is 0 Å². The van der Waals surface area contributed by atoms with Crippen molar-refractivity contribution in [2.75, 3.05) is 6.61 Å². The van der Waals surface area contributed by atoms with E-state index in [0.717, 1.165) is 12.1 Å². The maximum atomic E-state index is 12.8. The first kappa shape index (κ1) is 14.2. The Kier molecular flexibility index (Phi) is 5.64. The fraction of sp³-hybridized carbons (Fsp3) is 0.333. The molecule has 0 aliphatic carbocycles. The van der Waals surface area contributed by atoms with Gasteiger partial charge < -0.3 is 10.8 Å². The molecule has 15 heavy (non-hydrogen) atoms. The van der Waals surface area contributed by atoms with Crippen molar-refractivity contribution in [2.24, 2.45) is 5.73 Å². The highest BCUT2D eigenvalue weighted by molar-refractivity contribution is 5.85. The maximum absolute atomic E-state index is 12.8. The van der Waals surface area contributed by atoms with Crippen LogP contribution in [0.4, 0.5) is 13.2 Å². The summed E-state index contributed by atoms with van der Waals surface area (Å²) in [6.07, 6.45) is -2.87. The van der Waals surface area contributed by atoms with Crippen LogP contribution in [0.2, 0.25) is 0 Å². The number of halogens is 4. The lowest BCUT2D eigenvalue weighted by Gasteiger charge is -2.10. The van der Waals surface area contributed by atoms with Crippen molar-refractivity contribution in [1.82, 2.24) is 0 Å². The molecule has 6 heteroatoms. The van der Waals surface area contributed by atoms with Crippen molar-refractivity contribution >= 4 is 12.4 Å². The molecule has 0 saturated heterocycles. The van der Waals surface area contributed by atoms with Crippen LogP contribution in [-0.2, 0) is 0 Å². The van der Waals surface area contributed by atoms with Crippen molar-refractivity contribution in [2.45, 2.75) is 12.5 Å². The minimum Gasteiger partial charge on any atom is -0.394 e. The number of rotatable bonds is 3. The van der Waals surface area contributed by atoms with Crippen LogP contribution in [0.3, 0.4) is 0 Å². The Bertz CT molecular complexity index is 322. The number of alkyl halides is 2. The van der Waals surface area contributed by atoms with Gasteiger partial charge in [-0.3, -0.25) is 0 Å². The predicted octanol–water partition coefficient (Wildman–Crippen LogP) is 2.18. The average Bonchev–Trinajstić information content (AvgIpc) is 2.17. The van der Waals surface area contributed by atoms with E-state index in [9.17, 15) is 13.2 Å². The molecule has 2 nitrogen and oxygen atoms in total. The molecule has 3 N–H and O–H groups in total. The summed E-state index contributed by atoms with van der Waals surface area (Å²) in [5.41, 5.74) is 5.00. The third-order valence-electron chi connectivity index (χ3n) is 1.88. The fourth-order valence-electron chi connectivity index (χ4n) is 1.07. The highest BCUT2D eigenvalue weighted by Crippen LogP contribution is 2.24. The lowest BCUT2D eigenvalue weighted by molar-refractivity contribution is 0.146. The molecule has 0 spiro atoms. The second-order valence-electron chi connectivity index (χ2n) is 2.87. The Hall–Kier alpha value is -0.780. The Morgan fingerprint density at radius 3 is 2.40 bits per heavy atom. The molecule has 0 heterocycles. The van der Waals surface area contributed by atoms with Crippen LogP contribution in [0.1, 0.15) is 23.6 Å². The van der Waals surface area contributed by atoms with Gasteiger partial charge in [0.15, 0.2) is 0 Å². The quantitative estimate of drug-likeness (QED) is 0.852. The predicted molar refractivity (Wildman–Crippen MR) is 52.6 cm³/mol. The van der Waals surface area contributed by atoms with Crippen LogP contribution < -0.4 is 5.73 Å². The minimum absolute atomic E-state index is 0. The molecule has 0 saturated carbocycles. The summed E-state index contributed by atoms with van der Waals surface area (Å²) in [4.78, 5) is 0. The monoisotopic (exact) mass is 241 g/mol. The van der Waals surface area contributed by atoms with E-state index in [1.54, 1.807) is 0 Å². The number of hydrogen-bond acceptors (Lipinski definition) is 2. The molecular formula is C9H11ClF3NO.